The van der Waals surface area contributed by atoms with E-state index in [1.807, 2.05) is 0 Å². The van der Waals surface area contributed by atoms with E-state index in [0.717, 1.165) is 5.69 Å². The first-order chi connectivity index (χ1) is 11.5. The Kier molecular flexibility index (Phi) is 5.78. The number of carbonyl (C=O) groups is 2. The van der Waals surface area contributed by atoms with Crippen molar-refractivity contribution in [3.8, 4) is 11.5 Å². The average molecular weight is 328 g/mol. The van der Waals surface area contributed by atoms with Gasteiger partial charge in [-0.25, -0.2) is 0 Å². The van der Waals surface area contributed by atoms with Gasteiger partial charge in [0.05, 0.1) is 20.8 Å². The van der Waals surface area contributed by atoms with Crippen molar-refractivity contribution in [3.05, 3.63) is 48.0 Å². The van der Waals surface area contributed by atoms with Crippen LogP contribution in [0, 0.1) is 0 Å². The number of ether oxygens (including phenoxy) is 2. The Morgan fingerprint density at radius 2 is 1.54 bits per heavy atom. The molecule has 24 heavy (non-hydrogen) atoms. The summed E-state index contributed by atoms with van der Waals surface area (Å²) in [5, 5.41) is 5.78. The van der Waals surface area contributed by atoms with Crippen molar-refractivity contribution < 1.29 is 19.1 Å². The van der Waals surface area contributed by atoms with Crippen molar-refractivity contribution in [2.24, 2.45) is 0 Å². The molecule has 2 rings (SSSR count). The Morgan fingerprint density at radius 1 is 0.917 bits per heavy atom. The Morgan fingerprint density at radius 3 is 2.12 bits per heavy atom. The third-order valence-corrected chi connectivity index (χ3v) is 3.41. The molecular weight excluding hydrogens is 308 g/mol. The summed E-state index contributed by atoms with van der Waals surface area (Å²) in [6.45, 7) is 1.60. The monoisotopic (exact) mass is 328 g/mol. The minimum absolute atomic E-state index is 0.0111. The highest BCUT2D eigenvalue weighted by molar-refractivity contribution is 5.96. The molecule has 0 fully saturated rings. The summed E-state index contributed by atoms with van der Waals surface area (Å²) in [5.41, 5.74) is 1.99. The Hall–Kier alpha value is -3.02. The zero-order valence-electron chi connectivity index (χ0n) is 13.9. The number of Topliss-reactive ketones (excluding diaryl/α,β-unsaturated/α-hetero) is 1. The molecule has 0 unspecified atom stereocenters. The number of carbonyl (C=O) groups excluding carboxylic acids is 2. The normalized spacial score (nSPS) is 9.96. The predicted molar refractivity (Wildman–Crippen MR) is 93.1 cm³/mol. The van der Waals surface area contributed by atoms with Crippen LogP contribution in [-0.2, 0) is 4.79 Å². The zero-order valence-corrected chi connectivity index (χ0v) is 13.9. The highest BCUT2D eigenvalue weighted by Crippen LogP contribution is 2.29. The zero-order chi connectivity index (χ0) is 17.5. The van der Waals surface area contributed by atoms with Gasteiger partial charge in [-0.1, -0.05) is 0 Å². The van der Waals surface area contributed by atoms with Crippen LogP contribution in [0.25, 0.3) is 0 Å². The van der Waals surface area contributed by atoms with Crippen molar-refractivity contribution in [1.29, 1.82) is 0 Å². The molecule has 0 heterocycles. The first kappa shape index (κ1) is 17.3. The van der Waals surface area contributed by atoms with Crippen molar-refractivity contribution in [2.45, 2.75) is 6.92 Å². The lowest BCUT2D eigenvalue weighted by molar-refractivity contribution is -0.114. The predicted octanol–water partition coefficient (Wildman–Crippen LogP) is 2.96. The third-order valence-electron chi connectivity index (χ3n) is 3.41. The van der Waals surface area contributed by atoms with Crippen LogP contribution in [0.1, 0.15) is 17.3 Å². The van der Waals surface area contributed by atoms with Gasteiger partial charge in [-0.05, 0) is 43.3 Å². The lowest BCUT2D eigenvalue weighted by Crippen LogP contribution is -2.21. The number of rotatable bonds is 7. The molecule has 2 aromatic rings. The number of hydrogen-bond donors (Lipinski definition) is 2. The van der Waals surface area contributed by atoms with Gasteiger partial charge < -0.3 is 20.1 Å². The third kappa shape index (κ3) is 4.49. The molecule has 0 atom stereocenters. The molecule has 2 aromatic carbocycles. The van der Waals surface area contributed by atoms with Crippen LogP contribution in [0.2, 0.25) is 0 Å². The molecule has 2 N–H and O–H groups in total. The first-order valence-corrected chi connectivity index (χ1v) is 7.40. The van der Waals surface area contributed by atoms with Crippen LogP contribution in [0.4, 0.5) is 11.4 Å². The molecule has 0 spiro atoms. The van der Waals surface area contributed by atoms with E-state index in [4.69, 9.17) is 9.47 Å². The summed E-state index contributed by atoms with van der Waals surface area (Å²) >= 11 is 0. The summed E-state index contributed by atoms with van der Waals surface area (Å²) in [6.07, 6.45) is 0. The SMILES string of the molecule is COc1ccc(NCC(=O)Nc2ccc(C(C)=O)cc2)cc1OC. The van der Waals surface area contributed by atoms with E-state index in [1.165, 1.54) is 6.92 Å². The Labute approximate surface area is 140 Å². The Balaban J connectivity index is 1.92. The number of anilines is 2. The summed E-state index contributed by atoms with van der Waals surface area (Å²) in [7, 11) is 3.12. The van der Waals surface area contributed by atoms with E-state index in [-0.39, 0.29) is 18.2 Å². The van der Waals surface area contributed by atoms with Crippen molar-refractivity contribution in [3.63, 3.8) is 0 Å². The number of benzene rings is 2. The largest absolute Gasteiger partial charge is 0.493 e. The smallest absolute Gasteiger partial charge is 0.243 e. The van der Waals surface area contributed by atoms with E-state index in [1.54, 1.807) is 56.7 Å². The van der Waals surface area contributed by atoms with Gasteiger partial charge in [-0.3, -0.25) is 9.59 Å². The minimum Gasteiger partial charge on any atom is -0.493 e. The maximum absolute atomic E-state index is 12.0. The average Bonchev–Trinajstić information content (AvgIpc) is 2.60. The van der Waals surface area contributed by atoms with Gasteiger partial charge in [0.2, 0.25) is 5.91 Å². The molecule has 1 amide bonds. The topological polar surface area (TPSA) is 76.7 Å². The van der Waals surface area contributed by atoms with Crippen LogP contribution in [0.5, 0.6) is 11.5 Å². The van der Waals surface area contributed by atoms with Crippen LogP contribution in [0.15, 0.2) is 42.5 Å². The maximum atomic E-state index is 12.0. The highest BCUT2D eigenvalue weighted by atomic mass is 16.5. The number of nitrogens with one attached hydrogen (secondary N) is 2. The summed E-state index contributed by atoms with van der Waals surface area (Å²) in [5.74, 6) is 1.00. The standard InChI is InChI=1S/C18H20N2O4/c1-12(21)13-4-6-14(7-5-13)20-18(22)11-19-15-8-9-16(23-2)17(10-15)24-3/h4-10,19H,11H2,1-3H3,(H,20,22). The number of amides is 1. The quantitative estimate of drug-likeness (QED) is 0.764. The number of hydrogen-bond acceptors (Lipinski definition) is 5. The molecule has 0 aliphatic carbocycles. The summed E-state index contributed by atoms with van der Waals surface area (Å²) < 4.78 is 10.4. The van der Waals surface area contributed by atoms with Gasteiger partial charge >= 0.3 is 0 Å². The van der Waals surface area contributed by atoms with Gasteiger partial charge in [-0.2, -0.15) is 0 Å². The van der Waals surface area contributed by atoms with Gasteiger partial charge in [-0.15, -0.1) is 0 Å². The fourth-order valence-corrected chi connectivity index (χ4v) is 2.12. The molecule has 0 aliphatic rings. The summed E-state index contributed by atoms with van der Waals surface area (Å²) in [6, 6.07) is 12.1. The molecular formula is C18H20N2O4. The second kappa shape index (κ2) is 8.01. The molecule has 6 nitrogen and oxygen atoms in total. The number of ketones is 1. The molecule has 6 heteroatoms. The van der Waals surface area contributed by atoms with Crippen molar-refractivity contribution in [1.82, 2.24) is 0 Å². The molecule has 0 saturated heterocycles. The molecule has 0 aliphatic heterocycles. The van der Waals surface area contributed by atoms with Gasteiger partial charge in [0, 0.05) is 23.0 Å². The van der Waals surface area contributed by atoms with E-state index in [9.17, 15) is 9.59 Å². The van der Waals surface area contributed by atoms with Crippen molar-refractivity contribution in [2.75, 3.05) is 31.4 Å². The van der Waals surface area contributed by atoms with Crippen LogP contribution >= 0.6 is 0 Å². The van der Waals surface area contributed by atoms with Crippen molar-refractivity contribution >= 4 is 23.1 Å². The van der Waals surface area contributed by atoms with E-state index in [0.29, 0.717) is 22.7 Å². The van der Waals surface area contributed by atoms with Crippen LogP contribution in [-0.4, -0.2) is 32.5 Å². The molecule has 0 radical (unpaired) electrons. The second-order valence-corrected chi connectivity index (χ2v) is 5.11. The van der Waals surface area contributed by atoms with Gasteiger partial charge in [0.25, 0.3) is 0 Å². The van der Waals surface area contributed by atoms with E-state index >= 15 is 0 Å². The minimum atomic E-state index is -0.194. The van der Waals surface area contributed by atoms with Gasteiger partial charge in [0.1, 0.15) is 0 Å². The fourth-order valence-electron chi connectivity index (χ4n) is 2.12. The first-order valence-electron chi connectivity index (χ1n) is 7.40. The Bertz CT molecular complexity index is 726. The summed E-state index contributed by atoms with van der Waals surface area (Å²) in [4.78, 5) is 23.2. The maximum Gasteiger partial charge on any atom is 0.243 e. The van der Waals surface area contributed by atoms with Gasteiger partial charge in [0.15, 0.2) is 17.3 Å². The molecule has 0 bridgehead atoms. The molecule has 126 valence electrons. The lowest BCUT2D eigenvalue weighted by Gasteiger charge is -2.11. The second-order valence-electron chi connectivity index (χ2n) is 5.11. The van der Waals surface area contributed by atoms with Crippen LogP contribution < -0.4 is 20.1 Å². The van der Waals surface area contributed by atoms with E-state index in [2.05, 4.69) is 10.6 Å². The molecule has 0 aromatic heterocycles. The fraction of sp³-hybridized carbons (Fsp3) is 0.222. The highest BCUT2D eigenvalue weighted by Gasteiger charge is 2.07. The van der Waals surface area contributed by atoms with E-state index < -0.39 is 0 Å². The van der Waals surface area contributed by atoms with Crippen LogP contribution in [0.3, 0.4) is 0 Å². The lowest BCUT2D eigenvalue weighted by atomic mass is 10.1. The molecule has 0 saturated carbocycles. The number of methoxy groups -OCH3 is 2.